The van der Waals surface area contributed by atoms with Crippen LogP contribution in [-0.4, -0.2) is 84.2 Å². The molecule has 31 heavy (non-hydrogen) atoms. The summed E-state index contributed by atoms with van der Waals surface area (Å²) in [4.78, 5) is 8.83. The predicted molar refractivity (Wildman–Crippen MR) is 104 cm³/mol. The van der Waals surface area contributed by atoms with Crippen LogP contribution in [-0.2, 0) is 27.4 Å². The quantitative estimate of drug-likeness (QED) is 0.700. The van der Waals surface area contributed by atoms with Gasteiger partial charge in [0.1, 0.15) is 4.90 Å². The second-order valence-corrected chi connectivity index (χ2v) is 10.9. The molecule has 1 N–H and O–H groups in total. The first kappa shape index (κ1) is 22.8. The van der Waals surface area contributed by atoms with Crippen LogP contribution in [0.2, 0.25) is 0 Å². The lowest BCUT2D eigenvalue weighted by Gasteiger charge is -2.60. The number of hydrogen-bond donors (Lipinski definition) is 1. The lowest BCUT2D eigenvalue weighted by molar-refractivity contribution is -0.145. The molecule has 0 aliphatic carbocycles. The summed E-state index contributed by atoms with van der Waals surface area (Å²) in [6.45, 7) is 6.44. The number of likely N-dealkylation sites (tertiary alicyclic amines) is 1. The van der Waals surface area contributed by atoms with Gasteiger partial charge in [0.05, 0.1) is 17.0 Å². The summed E-state index contributed by atoms with van der Waals surface area (Å²) < 4.78 is 72.0. The van der Waals surface area contributed by atoms with Gasteiger partial charge in [-0.25, -0.2) is 18.4 Å². The van der Waals surface area contributed by atoms with Gasteiger partial charge in [-0.3, -0.25) is 4.90 Å². The number of rotatable bonds is 5. The summed E-state index contributed by atoms with van der Waals surface area (Å²) in [6.07, 6.45) is -3.51. The molecule has 174 valence electrons. The first-order valence-electron chi connectivity index (χ1n) is 10.3. The summed E-state index contributed by atoms with van der Waals surface area (Å²) in [5.41, 5.74) is -1.23. The van der Waals surface area contributed by atoms with Crippen LogP contribution in [0, 0.1) is 12.3 Å². The molecular formula is C19H27F3N4O4S. The van der Waals surface area contributed by atoms with Gasteiger partial charge in [0.25, 0.3) is 0 Å². The highest BCUT2D eigenvalue weighted by Crippen LogP contribution is 2.44. The van der Waals surface area contributed by atoms with Crippen LogP contribution in [0.3, 0.4) is 0 Å². The second kappa shape index (κ2) is 7.62. The molecule has 0 saturated carbocycles. The molecule has 8 nitrogen and oxygen atoms in total. The zero-order valence-electron chi connectivity index (χ0n) is 17.6. The molecule has 0 amide bonds. The Hall–Kier alpha value is -1.34. The Morgan fingerprint density at radius 2 is 1.74 bits per heavy atom. The van der Waals surface area contributed by atoms with E-state index in [4.69, 9.17) is 4.74 Å². The highest BCUT2D eigenvalue weighted by Gasteiger charge is 2.56. The number of aryl methyl sites for hydroxylation is 2. The molecule has 3 aliphatic rings. The van der Waals surface area contributed by atoms with Gasteiger partial charge < -0.3 is 9.84 Å². The molecule has 3 saturated heterocycles. The normalized spacial score (nSPS) is 24.1. The first-order chi connectivity index (χ1) is 14.4. The number of ether oxygens (including phenoxy) is 1. The molecule has 0 atom stereocenters. The summed E-state index contributed by atoms with van der Waals surface area (Å²) in [6, 6.07) is 0. The van der Waals surface area contributed by atoms with Crippen LogP contribution in [0.25, 0.3) is 0 Å². The number of aromatic nitrogens is 2. The van der Waals surface area contributed by atoms with Gasteiger partial charge in [-0.1, -0.05) is 6.92 Å². The van der Waals surface area contributed by atoms with Crippen LogP contribution in [0.1, 0.15) is 37.0 Å². The molecule has 3 fully saturated rings. The lowest BCUT2D eigenvalue weighted by Crippen LogP contribution is -2.74. The maximum atomic E-state index is 13.2. The van der Waals surface area contributed by atoms with E-state index in [9.17, 15) is 26.7 Å². The van der Waals surface area contributed by atoms with Gasteiger partial charge in [0.15, 0.2) is 0 Å². The van der Waals surface area contributed by atoms with Gasteiger partial charge in [-0.15, -0.1) is 0 Å². The van der Waals surface area contributed by atoms with Crippen molar-refractivity contribution in [2.45, 2.75) is 49.8 Å². The fourth-order valence-corrected chi connectivity index (χ4v) is 6.92. The summed E-state index contributed by atoms with van der Waals surface area (Å²) in [5.74, 6) is -1.32. The molecule has 0 radical (unpaired) electrons. The number of nitrogens with zero attached hydrogens (tertiary/aromatic N) is 4. The van der Waals surface area contributed by atoms with Crippen molar-refractivity contribution in [2.24, 2.45) is 5.41 Å². The van der Waals surface area contributed by atoms with Gasteiger partial charge in [-0.2, -0.15) is 17.5 Å². The highest BCUT2D eigenvalue weighted by atomic mass is 32.2. The van der Waals surface area contributed by atoms with E-state index >= 15 is 0 Å². The van der Waals surface area contributed by atoms with E-state index in [1.165, 1.54) is 11.2 Å². The minimum absolute atomic E-state index is 0.0516. The zero-order chi connectivity index (χ0) is 22.7. The molecule has 4 heterocycles. The fourth-order valence-electron chi connectivity index (χ4n) is 4.86. The van der Waals surface area contributed by atoms with E-state index in [-0.39, 0.29) is 28.1 Å². The van der Waals surface area contributed by atoms with Crippen molar-refractivity contribution in [1.82, 2.24) is 19.2 Å². The minimum atomic E-state index is -4.73. The third-order valence-corrected chi connectivity index (χ3v) is 8.36. The Balaban J connectivity index is 1.43. The van der Waals surface area contributed by atoms with Crippen LogP contribution in [0.4, 0.5) is 13.2 Å². The van der Waals surface area contributed by atoms with Crippen molar-refractivity contribution in [2.75, 3.05) is 45.9 Å². The maximum absolute atomic E-state index is 13.2. The average molecular weight is 465 g/mol. The van der Waals surface area contributed by atoms with Crippen LogP contribution >= 0.6 is 0 Å². The monoisotopic (exact) mass is 464 g/mol. The Morgan fingerprint density at radius 1 is 1.13 bits per heavy atom. The van der Waals surface area contributed by atoms with E-state index in [0.717, 1.165) is 0 Å². The van der Waals surface area contributed by atoms with E-state index in [1.807, 2.05) is 0 Å². The van der Waals surface area contributed by atoms with Gasteiger partial charge in [0, 0.05) is 64.2 Å². The van der Waals surface area contributed by atoms with E-state index in [2.05, 4.69) is 14.9 Å². The van der Waals surface area contributed by atoms with Crippen molar-refractivity contribution < 1.29 is 31.4 Å². The Morgan fingerprint density at radius 3 is 2.29 bits per heavy atom. The molecular weight excluding hydrogens is 437 g/mol. The van der Waals surface area contributed by atoms with Gasteiger partial charge >= 0.3 is 6.18 Å². The third kappa shape index (κ3) is 4.20. The molecule has 0 bridgehead atoms. The minimum Gasteiger partial charge on any atom is -0.388 e. The molecule has 3 aliphatic heterocycles. The SMILES string of the molecule is CCc1nc(C(F)(F)F)nc(C)c1S(=O)(=O)N1CC2(CN(CC3(O)CCOCC3)C2)C1. The standard InChI is InChI=1S/C19H27F3N4O4S/c1-3-14-15(13(2)23-16(24-14)19(20,21)22)31(28,29)26-10-17(11-26)8-25(9-17)12-18(27)4-6-30-7-5-18/h27H,3-12H2,1-2H3. The largest absolute Gasteiger partial charge is 0.451 e. The van der Waals surface area contributed by atoms with Crippen molar-refractivity contribution in [3.8, 4) is 0 Å². The first-order valence-corrected chi connectivity index (χ1v) is 11.8. The molecule has 12 heteroatoms. The number of alkyl halides is 3. The summed E-state index contributed by atoms with van der Waals surface area (Å²) >= 11 is 0. The van der Waals surface area contributed by atoms with Crippen LogP contribution < -0.4 is 0 Å². The van der Waals surface area contributed by atoms with Crippen molar-refractivity contribution in [3.63, 3.8) is 0 Å². The average Bonchev–Trinajstić information content (AvgIpc) is 2.61. The maximum Gasteiger partial charge on any atom is 0.451 e. The van der Waals surface area contributed by atoms with Crippen LogP contribution in [0.15, 0.2) is 4.90 Å². The second-order valence-electron chi connectivity index (χ2n) is 9.01. The summed E-state index contributed by atoms with van der Waals surface area (Å²) in [5, 5.41) is 10.6. The van der Waals surface area contributed by atoms with E-state index in [1.54, 1.807) is 6.92 Å². The van der Waals surface area contributed by atoms with E-state index in [0.29, 0.717) is 58.8 Å². The number of sulfonamides is 1. The number of halogens is 3. The predicted octanol–water partition coefficient (Wildman–Crippen LogP) is 1.21. The highest BCUT2D eigenvalue weighted by molar-refractivity contribution is 7.89. The zero-order valence-corrected chi connectivity index (χ0v) is 18.4. The van der Waals surface area contributed by atoms with Crippen LogP contribution in [0.5, 0.6) is 0 Å². The lowest BCUT2D eigenvalue weighted by atomic mass is 9.73. The van der Waals surface area contributed by atoms with Crippen molar-refractivity contribution >= 4 is 10.0 Å². The Kier molecular flexibility index (Phi) is 5.61. The summed E-state index contributed by atoms with van der Waals surface area (Å²) in [7, 11) is -3.99. The van der Waals surface area contributed by atoms with Gasteiger partial charge in [-0.05, 0) is 13.3 Å². The van der Waals surface area contributed by atoms with E-state index < -0.39 is 27.6 Å². The fraction of sp³-hybridized carbons (Fsp3) is 0.789. The van der Waals surface area contributed by atoms with Crippen molar-refractivity contribution in [1.29, 1.82) is 0 Å². The number of hydrogen-bond acceptors (Lipinski definition) is 7. The molecule has 1 aromatic heterocycles. The number of aliphatic hydroxyl groups is 1. The molecule has 1 spiro atoms. The molecule has 1 aromatic rings. The third-order valence-electron chi connectivity index (χ3n) is 6.37. The van der Waals surface area contributed by atoms with Gasteiger partial charge in [0.2, 0.25) is 15.8 Å². The number of β-amino-alcohol motifs (C(OH)–C–C–N with tert-alkyl or cyclic N) is 1. The Bertz CT molecular complexity index is 950. The molecule has 0 aromatic carbocycles. The van der Waals surface area contributed by atoms with Crippen molar-refractivity contribution in [3.05, 3.63) is 17.2 Å². The topological polar surface area (TPSA) is 95.9 Å². The molecule has 4 rings (SSSR count). The smallest absolute Gasteiger partial charge is 0.388 e. The molecule has 0 unspecified atom stereocenters. The Labute approximate surface area is 179 Å².